The standard InChI is InChI=1S/C17H17NO4/c1-3-20-16(19)12-9-14-15(10-13(12)18)22-17(2,21-14)11-7-5-4-6-8-11/h4-10H,3,18H2,1-2H3. The lowest BCUT2D eigenvalue weighted by atomic mass is 10.1. The molecule has 0 aliphatic carbocycles. The lowest BCUT2D eigenvalue weighted by Gasteiger charge is -2.23. The first-order valence-corrected chi connectivity index (χ1v) is 7.07. The van der Waals surface area contributed by atoms with Gasteiger partial charge in [0.25, 0.3) is 5.79 Å². The number of carbonyl (C=O) groups excluding carboxylic acids is 1. The van der Waals surface area contributed by atoms with Gasteiger partial charge in [0.1, 0.15) is 0 Å². The highest BCUT2D eigenvalue weighted by molar-refractivity contribution is 5.96. The quantitative estimate of drug-likeness (QED) is 0.696. The monoisotopic (exact) mass is 299 g/mol. The van der Waals surface area contributed by atoms with Gasteiger partial charge in [-0.2, -0.15) is 0 Å². The van der Waals surface area contributed by atoms with Crippen molar-refractivity contribution < 1.29 is 19.0 Å². The highest BCUT2D eigenvalue weighted by Crippen LogP contribution is 2.45. The molecule has 2 aromatic rings. The fourth-order valence-corrected chi connectivity index (χ4v) is 2.42. The molecular formula is C17H17NO4. The Balaban J connectivity index is 1.95. The molecular weight excluding hydrogens is 282 g/mol. The second-order valence-corrected chi connectivity index (χ2v) is 5.12. The van der Waals surface area contributed by atoms with Crippen molar-refractivity contribution in [2.24, 2.45) is 0 Å². The maximum absolute atomic E-state index is 11.9. The number of benzene rings is 2. The van der Waals surface area contributed by atoms with Crippen LogP contribution in [0.1, 0.15) is 29.8 Å². The van der Waals surface area contributed by atoms with E-state index in [1.165, 1.54) is 0 Å². The third-order valence-electron chi connectivity index (χ3n) is 3.52. The van der Waals surface area contributed by atoms with E-state index in [1.807, 2.05) is 37.3 Å². The van der Waals surface area contributed by atoms with Crippen LogP contribution in [0.15, 0.2) is 42.5 Å². The summed E-state index contributed by atoms with van der Waals surface area (Å²) in [6, 6.07) is 12.7. The molecule has 2 aromatic carbocycles. The van der Waals surface area contributed by atoms with Crippen LogP contribution >= 0.6 is 0 Å². The van der Waals surface area contributed by atoms with Gasteiger partial charge in [-0.15, -0.1) is 0 Å². The average molecular weight is 299 g/mol. The van der Waals surface area contributed by atoms with Crippen molar-refractivity contribution >= 4 is 11.7 Å². The van der Waals surface area contributed by atoms with Gasteiger partial charge in [-0.25, -0.2) is 4.79 Å². The van der Waals surface area contributed by atoms with E-state index in [-0.39, 0.29) is 12.2 Å². The van der Waals surface area contributed by atoms with Crippen LogP contribution in [0.5, 0.6) is 11.5 Å². The number of nitrogen functional groups attached to an aromatic ring is 1. The van der Waals surface area contributed by atoms with Gasteiger partial charge >= 0.3 is 5.97 Å². The Morgan fingerprint density at radius 2 is 1.82 bits per heavy atom. The number of fused-ring (bicyclic) bond motifs is 1. The SMILES string of the molecule is CCOC(=O)c1cc2c(cc1N)OC(C)(c1ccccc1)O2. The van der Waals surface area contributed by atoms with Gasteiger partial charge in [-0.3, -0.25) is 0 Å². The molecule has 5 heteroatoms. The molecule has 0 bridgehead atoms. The zero-order valence-corrected chi connectivity index (χ0v) is 12.5. The van der Waals surface area contributed by atoms with Crippen molar-refractivity contribution in [1.82, 2.24) is 0 Å². The first kappa shape index (κ1) is 14.3. The van der Waals surface area contributed by atoms with E-state index in [2.05, 4.69) is 0 Å². The van der Waals surface area contributed by atoms with Gasteiger partial charge in [0, 0.05) is 24.6 Å². The van der Waals surface area contributed by atoms with Crippen LogP contribution in [-0.4, -0.2) is 12.6 Å². The van der Waals surface area contributed by atoms with Crippen molar-refractivity contribution in [2.45, 2.75) is 19.6 Å². The number of carbonyl (C=O) groups is 1. The summed E-state index contributed by atoms with van der Waals surface area (Å²) in [7, 11) is 0. The second kappa shape index (κ2) is 5.26. The van der Waals surface area contributed by atoms with E-state index in [9.17, 15) is 4.79 Å². The zero-order valence-electron chi connectivity index (χ0n) is 12.5. The molecule has 1 aliphatic rings. The van der Waals surface area contributed by atoms with Gasteiger partial charge in [-0.05, 0) is 6.92 Å². The molecule has 1 heterocycles. The molecule has 0 saturated carbocycles. The number of hydrogen-bond acceptors (Lipinski definition) is 5. The average Bonchev–Trinajstić information content (AvgIpc) is 2.84. The minimum Gasteiger partial charge on any atom is -0.462 e. The maximum Gasteiger partial charge on any atom is 0.340 e. The van der Waals surface area contributed by atoms with E-state index in [0.29, 0.717) is 17.2 Å². The maximum atomic E-state index is 11.9. The van der Waals surface area contributed by atoms with Crippen molar-refractivity contribution in [3.05, 3.63) is 53.6 Å². The number of anilines is 1. The van der Waals surface area contributed by atoms with Gasteiger partial charge in [0.2, 0.25) is 0 Å². The molecule has 5 nitrogen and oxygen atoms in total. The Kier molecular flexibility index (Phi) is 3.41. The Morgan fingerprint density at radius 3 is 2.45 bits per heavy atom. The summed E-state index contributed by atoms with van der Waals surface area (Å²) in [5.74, 6) is -0.427. The van der Waals surface area contributed by atoms with Crippen LogP contribution in [0.25, 0.3) is 0 Å². The van der Waals surface area contributed by atoms with Gasteiger partial charge < -0.3 is 19.9 Å². The minimum absolute atomic E-state index is 0.279. The second-order valence-electron chi connectivity index (χ2n) is 5.12. The lowest BCUT2D eigenvalue weighted by Crippen LogP contribution is -2.31. The summed E-state index contributed by atoms with van der Waals surface area (Å²) >= 11 is 0. The van der Waals surface area contributed by atoms with Crippen LogP contribution in [-0.2, 0) is 10.5 Å². The third-order valence-corrected chi connectivity index (χ3v) is 3.52. The molecule has 114 valence electrons. The molecule has 0 saturated heterocycles. The minimum atomic E-state index is -0.941. The van der Waals surface area contributed by atoms with Gasteiger partial charge in [0.05, 0.1) is 17.9 Å². The van der Waals surface area contributed by atoms with Crippen LogP contribution < -0.4 is 15.2 Å². The summed E-state index contributed by atoms with van der Waals surface area (Å²) in [6.45, 7) is 3.85. The van der Waals surface area contributed by atoms with E-state index < -0.39 is 11.8 Å². The third kappa shape index (κ3) is 2.35. The smallest absolute Gasteiger partial charge is 0.340 e. The van der Waals surface area contributed by atoms with E-state index in [4.69, 9.17) is 19.9 Å². The summed E-state index contributed by atoms with van der Waals surface area (Å²) in [5, 5.41) is 0. The molecule has 0 aromatic heterocycles. The van der Waals surface area contributed by atoms with Crippen molar-refractivity contribution in [3.63, 3.8) is 0 Å². The largest absolute Gasteiger partial charge is 0.462 e. The molecule has 3 rings (SSSR count). The fourth-order valence-electron chi connectivity index (χ4n) is 2.42. The number of esters is 1. The molecule has 1 aliphatic heterocycles. The van der Waals surface area contributed by atoms with Crippen LogP contribution in [0.2, 0.25) is 0 Å². The summed E-state index contributed by atoms with van der Waals surface area (Å²) in [6.07, 6.45) is 0. The van der Waals surface area contributed by atoms with Crippen LogP contribution in [0.3, 0.4) is 0 Å². The first-order chi connectivity index (χ1) is 10.5. The summed E-state index contributed by atoms with van der Waals surface area (Å²) in [4.78, 5) is 11.9. The number of hydrogen-bond donors (Lipinski definition) is 1. The zero-order chi connectivity index (χ0) is 15.7. The Morgan fingerprint density at radius 1 is 1.18 bits per heavy atom. The molecule has 22 heavy (non-hydrogen) atoms. The Hall–Kier alpha value is -2.69. The Labute approximate surface area is 128 Å². The van der Waals surface area contributed by atoms with Crippen molar-refractivity contribution in [2.75, 3.05) is 12.3 Å². The Bertz CT molecular complexity index is 714. The predicted molar refractivity (Wildman–Crippen MR) is 81.9 cm³/mol. The molecule has 1 unspecified atom stereocenters. The predicted octanol–water partition coefficient (Wildman–Crippen LogP) is 3.09. The lowest BCUT2D eigenvalue weighted by molar-refractivity contribution is -0.0680. The summed E-state index contributed by atoms with van der Waals surface area (Å²) < 4.78 is 16.8. The normalized spacial score (nSPS) is 19.0. The van der Waals surface area contributed by atoms with E-state index >= 15 is 0 Å². The van der Waals surface area contributed by atoms with E-state index in [0.717, 1.165) is 5.56 Å². The first-order valence-electron chi connectivity index (χ1n) is 7.07. The van der Waals surface area contributed by atoms with Crippen LogP contribution in [0.4, 0.5) is 5.69 Å². The van der Waals surface area contributed by atoms with Crippen molar-refractivity contribution in [1.29, 1.82) is 0 Å². The fraction of sp³-hybridized carbons (Fsp3) is 0.235. The number of nitrogens with two attached hydrogens (primary N) is 1. The van der Waals surface area contributed by atoms with Crippen molar-refractivity contribution in [3.8, 4) is 11.5 Å². The topological polar surface area (TPSA) is 70.8 Å². The number of ether oxygens (including phenoxy) is 3. The highest BCUT2D eigenvalue weighted by Gasteiger charge is 2.39. The molecule has 0 spiro atoms. The highest BCUT2D eigenvalue weighted by atomic mass is 16.7. The van der Waals surface area contributed by atoms with Gasteiger partial charge in [0.15, 0.2) is 11.5 Å². The summed E-state index contributed by atoms with van der Waals surface area (Å²) in [5.41, 5.74) is 7.38. The van der Waals surface area contributed by atoms with Crippen LogP contribution in [0, 0.1) is 0 Å². The molecule has 0 radical (unpaired) electrons. The van der Waals surface area contributed by atoms with E-state index in [1.54, 1.807) is 19.1 Å². The number of rotatable bonds is 3. The van der Waals surface area contributed by atoms with Gasteiger partial charge in [-0.1, -0.05) is 30.3 Å². The molecule has 2 N–H and O–H groups in total. The molecule has 1 atom stereocenters. The molecule has 0 fully saturated rings. The molecule has 0 amide bonds.